The first kappa shape index (κ1) is 16.7. The molecule has 0 aliphatic rings. The summed E-state index contributed by atoms with van der Waals surface area (Å²) in [5.41, 5.74) is 0. The molecule has 0 saturated carbocycles. The third kappa shape index (κ3) is 15.7. The van der Waals surface area contributed by atoms with Gasteiger partial charge in [0.25, 0.3) is 0 Å². The average Bonchev–Trinajstić information content (AvgIpc) is 2.35. The van der Waals surface area contributed by atoms with E-state index in [0.717, 1.165) is 12.8 Å². The van der Waals surface area contributed by atoms with E-state index in [1.54, 1.807) is 0 Å². The van der Waals surface area contributed by atoms with Crippen LogP contribution in [0, 0.1) is 0 Å². The van der Waals surface area contributed by atoms with E-state index in [-0.39, 0.29) is 6.61 Å². The van der Waals surface area contributed by atoms with Crippen molar-refractivity contribution in [2.75, 3.05) is 6.61 Å². The molecule has 1 heteroatoms. The van der Waals surface area contributed by atoms with Gasteiger partial charge < -0.3 is 0 Å². The van der Waals surface area contributed by atoms with Crippen LogP contribution in [-0.2, 0) is 5.11 Å². The van der Waals surface area contributed by atoms with Gasteiger partial charge in [-0.3, -0.25) is 0 Å². The Balaban J connectivity index is 2.96. The molecule has 17 heavy (non-hydrogen) atoms. The molecule has 0 aromatic heterocycles. The molecular formula is C16H31O. The van der Waals surface area contributed by atoms with Crippen LogP contribution in [-0.4, -0.2) is 6.61 Å². The van der Waals surface area contributed by atoms with Gasteiger partial charge in [-0.2, -0.15) is 0 Å². The van der Waals surface area contributed by atoms with Crippen molar-refractivity contribution < 1.29 is 5.11 Å². The second kappa shape index (κ2) is 15.7. The van der Waals surface area contributed by atoms with Crippen LogP contribution in [0.5, 0.6) is 0 Å². The molecule has 0 heterocycles. The summed E-state index contributed by atoms with van der Waals surface area (Å²) >= 11 is 0. The molecule has 0 aliphatic carbocycles. The molecule has 1 nitrogen and oxygen atoms in total. The molecule has 0 N–H and O–H groups in total. The standard InChI is InChI=1S/C16H31O/c1-2-3-4-5-6-7-8-9-10-11-12-13-14-15-16-17/h5-6H,2-4,7-16H2,1H3/b6-5-. The fourth-order valence-electron chi connectivity index (χ4n) is 1.98. The molecule has 0 rings (SSSR count). The van der Waals surface area contributed by atoms with Crippen LogP contribution >= 0.6 is 0 Å². The molecule has 1 radical (unpaired) electrons. The minimum Gasteiger partial charge on any atom is -0.237 e. The highest BCUT2D eigenvalue weighted by atomic mass is 16.2. The molecule has 0 bridgehead atoms. The van der Waals surface area contributed by atoms with Crippen LogP contribution in [0.4, 0.5) is 0 Å². The van der Waals surface area contributed by atoms with Gasteiger partial charge in [0, 0.05) is 0 Å². The van der Waals surface area contributed by atoms with Gasteiger partial charge in [-0.1, -0.05) is 70.4 Å². The lowest BCUT2D eigenvalue weighted by Crippen LogP contribution is -1.83. The first-order valence-corrected chi connectivity index (χ1v) is 7.65. The van der Waals surface area contributed by atoms with Gasteiger partial charge in [0.2, 0.25) is 0 Å². The lowest BCUT2D eigenvalue weighted by molar-refractivity contribution is 0.186. The molecule has 0 fully saturated rings. The Morgan fingerprint density at radius 3 is 1.65 bits per heavy atom. The fourth-order valence-corrected chi connectivity index (χ4v) is 1.98. The Kier molecular flexibility index (Phi) is 15.4. The van der Waals surface area contributed by atoms with E-state index < -0.39 is 0 Å². The third-order valence-corrected chi connectivity index (χ3v) is 3.16. The van der Waals surface area contributed by atoms with E-state index in [4.69, 9.17) is 0 Å². The molecule has 0 aliphatic heterocycles. The van der Waals surface area contributed by atoms with E-state index in [0.29, 0.717) is 0 Å². The normalized spacial score (nSPS) is 11.4. The van der Waals surface area contributed by atoms with Gasteiger partial charge in [-0.25, -0.2) is 5.11 Å². The first-order chi connectivity index (χ1) is 8.41. The van der Waals surface area contributed by atoms with Crippen LogP contribution in [0.3, 0.4) is 0 Å². The lowest BCUT2D eigenvalue weighted by Gasteiger charge is -2.00. The highest BCUT2D eigenvalue weighted by Gasteiger charge is 1.91. The van der Waals surface area contributed by atoms with Gasteiger partial charge in [0.1, 0.15) is 0 Å². The molecule has 0 amide bonds. The highest BCUT2D eigenvalue weighted by molar-refractivity contribution is 4.81. The maximum absolute atomic E-state index is 10.2. The Morgan fingerprint density at radius 1 is 0.647 bits per heavy atom. The molecule has 0 aromatic rings. The van der Waals surface area contributed by atoms with Crippen LogP contribution < -0.4 is 0 Å². The highest BCUT2D eigenvalue weighted by Crippen LogP contribution is 2.10. The summed E-state index contributed by atoms with van der Waals surface area (Å²) in [5, 5.41) is 10.2. The van der Waals surface area contributed by atoms with Crippen LogP contribution in [0.15, 0.2) is 12.2 Å². The fraction of sp³-hybridized carbons (Fsp3) is 0.875. The van der Waals surface area contributed by atoms with E-state index >= 15 is 0 Å². The summed E-state index contributed by atoms with van der Waals surface area (Å²) in [6.07, 6.45) is 19.9. The summed E-state index contributed by atoms with van der Waals surface area (Å²) < 4.78 is 0. The average molecular weight is 239 g/mol. The number of allylic oxidation sites excluding steroid dienone is 2. The van der Waals surface area contributed by atoms with Gasteiger partial charge in [0.05, 0.1) is 6.61 Å². The quantitative estimate of drug-likeness (QED) is 0.291. The zero-order valence-corrected chi connectivity index (χ0v) is 11.8. The molecule has 0 spiro atoms. The Hall–Kier alpha value is -0.300. The van der Waals surface area contributed by atoms with E-state index in [1.165, 1.54) is 64.2 Å². The van der Waals surface area contributed by atoms with Crippen molar-refractivity contribution in [3.63, 3.8) is 0 Å². The number of rotatable bonds is 13. The van der Waals surface area contributed by atoms with Crippen molar-refractivity contribution >= 4 is 0 Å². The lowest BCUT2D eigenvalue weighted by atomic mass is 10.1. The van der Waals surface area contributed by atoms with Crippen molar-refractivity contribution in [3.05, 3.63) is 12.2 Å². The maximum atomic E-state index is 10.2. The van der Waals surface area contributed by atoms with Crippen LogP contribution in [0.2, 0.25) is 0 Å². The predicted molar refractivity (Wildman–Crippen MR) is 75.8 cm³/mol. The van der Waals surface area contributed by atoms with Gasteiger partial charge in [-0.15, -0.1) is 0 Å². The third-order valence-electron chi connectivity index (χ3n) is 3.16. The van der Waals surface area contributed by atoms with E-state index in [1.807, 2.05) is 0 Å². The van der Waals surface area contributed by atoms with Crippen molar-refractivity contribution in [2.45, 2.75) is 84.0 Å². The van der Waals surface area contributed by atoms with Gasteiger partial charge >= 0.3 is 0 Å². The summed E-state index contributed by atoms with van der Waals surface area (Å²) in [7, 11) is 0. The molecule has 0 unspecified atom stereocenters. The summed E-state index contributed by atoms with van der Waals surface area (Å²) in [6.45, 7) is 2.36. The van der Waals surface area contributed by atoms with Crippen LogP contribution in [0.1, 0.15) is 84.0 Å². The molecule has 0 aromatic carbocycles. The summed E-state index contributed by atoms with van der Waals surface area (Å²) in [4.78, 5) is 0. The second-order valence-corrected chi connectivity index (χ2v) is 4.93. The van der Waals surface area contributed by atoms with Crippen molar-refractivity contribution in [1.82, 2.24) is 0 Å². The van der Waals surface area contributed by atoms with Gasteiger partial charge in [-0.05, 0) is 25.7 Å². The first-order valence-electron chi connectivity index (χ1n) is 7.65. The Bertz CT molecular complexity index is 152. The predicted octanol–water partition coefficient (Wildman–Crippen LogP) is 5.67. The van der Waals surface area contributed by atoms with E-state index in [2.05, 4.69) is 19.1 Å². The number of hydrogen-bond donors (Lipinski definition) is 0. The Morgan fingerprint density at radius 2 is 1.12 bits per heavy atom. The zero-order chi connectivity index (χ0) is 12.6. The van der Waals surface area contributed by atoms with Crippen molar-refractivity contribution in [2.24, 2.45) is 0 Å². The molecule has 0 atom stereocenters. The summed E-state index contributed by atoms with van der Waals surface area (Å²) in [5.74, 6) is 0. The molecular weight excluding hydrogens is 208 g/mol. The number of hydrogen-bond acceptors (Lipinski definition) is 0. The second-order valence-electron chi connectivity index (χ2n) is 4.93. The van der Waals surface area contributed by atoms with Crippen molar-refractivity contribution in [3.8, 4) is 0 Å². The molecule has 101 valence electrons. The minimum atomic E-state index is 0.115. The minimum absolute atomic E-state index is 0.115. The van der Waals surface area contributed by atoms with Crippen LogP contribution in [0.25, 0.3) is 0 Å². The number of unbranched alkanes of at least 4 members (excludes halogenated alkanes) is 10. The maximum Gasteiger partial charge on any atom is 0.0822 e. The molecule has 0 saturated heterocycles. The topological polar surface area (TPSA) is 19.9 Å². The van der Waals surface area contributed by atoms with E-state index in [9.17, 15) is 5.11 Å². The monoisotopic (exact) mass is 239 g/mol. The zero-order valence-electron chi connectivity index (χ0n) is 11.8. The van der Waals surface area contributed by atoms with Crippen molar-refractivity contribution in [1.29, 1.82) is 0 Å². The smallest absolute Gasteiger partial charge is 0.0822 e. The van der Waals surface area contributed by atoms with Gasteiger partial charge in [0.15, 0.2) is 0 Å². The largest absolute Gasteiger partial charge is 0.237 e. The summed E-state index contributed by atoms with van der Waals surface area (Å²) in [6, 6.07) is 0. The Labute approximate surface area is 108 Å². The SMILES string of the molecule is CCCC/C=C\CCCCCCCCCC[O].